The van der Waals surface area contributed by atoms with E-state index in [1.807, 2.05) is 48.5 Å². The smallest absolute Gasteiger partial charge is 0.119 e. The molecule has 0 aliphatic carbocycles. The van der Waals surface area contributed by atoms with Gasteiger partial charge in [-0.1, -0.05) is 66.7 Å². The van der Waals surface area contributed by atoms with E-state index >= 15 is 0 Å². The minimum Gasteiger partial charge on any atom is -0.508 e. The molecule has 1 heterocycles. The van der Waals surface area contributed by atoms with Gasteiger partial charge in [-0.25, -0.2) is 0 Å². The first-order valence-corrected chi connectivity index (χ1v) is 10.0. The number of phenols is 1. The predicted molar refractivity (Wildman–Crippen MR) is 119 cm³/mol. The van der Waals surface area contributed by atoms with Crippen molar-refractivity contribution in [3.63, 3.8) is 0 Å². The van der Waals surface area contributed by atoms with Gasteiger partial charge >= 0.3 is 0 Å². The van der Waals surface area contributed by atoms with Crippen molar-refractivity contribution in [1.82, 2.24) is 15.0 Å². The third-order valence-corrected chi connectivity index (χ3v) is 5.19. The van der Waals surface area contributed by atoms with Crippen LogP contribution in [-0.2, 0) is 12.8 Å². The number of hydrogen-bond donors (Lipinski definition) is 1. The van der Waals surface area contributed by atoms with Crippen molar-refractivity contribution in [2.45, 2.75) is 12.8 Å². The highest BCUT2D eigenvalue weighted by Gasteiger charge is 2.10. The van der Waals surface area contributed by atoms with Gasteiger partial charge in [0.15, 0.2) is 0 Å². The molecule has 146 valence electrons. The molecule has 1 aromatic heterocycles. The standard InChI is InChI=1S/C26H21N3O/c30-26-13-7-4-10-22(26)16-21-15-20(14-19-8-2-1-3-9-19)17-23(18-21)29-27-24-11-5-6-12-25(24)28-29/h1-13,15,17-18,30H,14,16H2. The maximum atomic E-state index is 10.2. The van der Waals surface area contributed by atoms with Gasteiger partial charge in [-0.3, -0.25) is 0 Å². The van der Waals surface area contributed by atoms with E-state index in [-0.39, 0.29) is 0 Å². The number of hydrogen-bond acceptors (Lipinski definition) is 3. The minimum atomic E-state index is 0.315. The second-order valence-corrected chi connectivity index (χ2v) is 7.45. The summed E-state index contributed by atoms with van der Waals surface area (Å²) in [6.07, 6.45) is 1.46. The lowest BCUT2D eigenvalue weighted by Crippen LogP contribution is -2.02. The van der Waals surface area contributed by atoms with E-state index in [4.69, 9.17) is 0 Å². The second kappa shape index (κ2) is 7.84. The molecule has 30 heavy (non-hydrogen) atoms. The van der Waals surface area contributed by atoms with E-state index < -0.39 is 0 Å². The molecule has 4 aromatic carbocycles. The zero-order chi connectivity index (χ0) is 20.3. The van der Waals surface area contributed by atoms with Crippen LogP contribution < -0.4 is 0 Å². The number of para-hydroxylation sites is 1. The summed E-state index contributed by atoms with van der Waals surface area (Å²) >= 11 is 0. The van der Waals surface area contributed by atoms with Gasteiger partial charge in [0.1, 0.15) is 16.8 Å². The number of phenolic OH excluding ortho intramolecular Hbond substituents is 1. The lowest BCUT2D eigenvalue weighted by Gasteiger charge is -2.11. The zero-order valence-electron chi connectivity index (χ0n) is 16.4. The molecule has 0 bridgehead atoms. The van der Waals surface area contributed by atoms with Crippen LogP contribution in [0.25, 0.3) is 16.7 Å². The van der Waals surface area contributed by atoms with E-state index in [2.05, 4.69) is 52.7 Å². The Balaban J connectivity index is 1.58. The maximum absolute atomic E-state index is 10.2. The van der Waals surface area contributed by atoms with E-state index in [9.17, 15) is 5.11 Å². The fourth-order valence-corrected chi connectivity index (χ4v) is 3.75. The van der Waals surface area contributed by atoms with E-state index in [0.29, 0.717) is 12.2 Å². The molecule has 0 amide bonds. The fourth-order valence-electron chi connectivity index (χ4n) is 3.75. The molecule has 0 radical (unpaired) electrons. The third-order valence-electron chi connectivity index (χ3n) is 5.19. The molecular formula is C26H21N3O. The van der Waals surface area contributed by atoms with Crippen molar-refractivity contribution in [3.05, 3.63) is 119 Å². The van der Waals surface area contributed by atoms with Crippen LogP contribution >= 0.6 is 0 Å². The Labute approximate surface area is 175 Å². The topological polar surface area (TPSA) is 50.9 Å². The Morgan fingerprint density at radius 1 is 0.600 bits per heavy atom. The molecule has 5 rings (SSSR count). The van der Waals surface area contributed by atoms with Gasteiger partial charge in [0.2, 0.25) is 0 Å². The quantitative estimate of drug-likeness (QED) is 0.442. The van der Waals surface area contributed by atoms with Crippen molar-refractivity contribution in [2.75, 3.05) is 0 Å². The number of aromatic hydroxyl groups is 1. The van der Waals surface area contributed by atoms with E-state index in [1.54, 1.807) is 10.9 Å². The molecule has 0 spiro atoms. The van der Waals surface area contributed by atoms with E-state index in [0.717, 1.165) is 34.3 Å². The summed E-state index contributed by atoms with van der Waals surface area (Å²) in [6, 6.07) is 32.2. The van der Waals surface area contributed by atoms with Gasteiger partial charge in [0.05, 0.1) is 5.69 Å². The summed E-state index contributed by atoms with van der Waals surface area (Å²) in [7, 11) is 0. The first kappa shape index (κ1) is 18.1. The molecule has 0 atom stereocenters. The number of benzene rings is 4. The van der Waals surface area contributed by atoms with Crippen LogP contribution in [0.2, 0.25) is 0 Å². The zero-order valence-corrected chi connectivity index (χ0v) is 16.4. The van der Waals surface area contributed by atoms with E-state index in [1.165, 1.54) is 11.1 Å². The van der Waals surface area contributed by atoms with Crippen LogP contribution in [0.3, 0.4) is 0 Å². The van der Waals surface area contributed by atoms with Crippen molar-refractivity contribution in [2.24, 2.45) is 0 Å². The van der Waals surface area contributed by atoms with Gasteiger partial charge in [-0.2, -0.15) is 4.80 Å². The SMILES string of the molecule is Oc1ccccc1Cc1cc(Cc2ccccc2)cc(-n2nc3ccccc3n2)c1. The number of aromatic nitrogens is 3. The van der Waals surface area contributed by atoms with Crippen LogP contribution in [-0.4, -0.2) is 20.1 Å². The molecule has 4 heteroatoms. The summed E-state index contributed by atoms with van der Waals surface area (Å²) in [6.45, 7) is 0. The molecule has 5 aromatic rings. The Hall–Kier alpha value is -3.92. The predicted octanol–water partition coefficient (Wildman–Crippen LogP) is 5.31. The first-order chi connectivity index (χ1) is 14.7. The maximum Gasteiger partial charge on any atom is 0.119 e. The Kier molecular flexibility index (Phi) is 4.74. The Bertz CT molecular complexity index is 1280. The summed E-state index contributed by atoms with van der Waals surface area (Å²) in [5.74, 6) is 0.315. The fraction of sp³-hybridized carbons (Fsp3) is 0.0769. The summed E-state index contributed by atoms with van der Waals surface area (Å²) in [5.41, 5.74) is 7.11. The van der Waals surface area contributed by atoms with Gasteiger partial charge in [0.25, 0.3) is 0 Å². The largest absolute Gasteiger partial charge is 0.508 e. The molecular weight excluding hydrogens is 370 g/mol. The average Bonchev–Trinajstić information content (AvgIpc) is 3.20. The Morgan fingerprint density at radius 3 is 1.90 bits per heavy atom. The van der Waals surface area contributed by atoms with Crippen molar-refractivity contribution >= 4 is 11.0 Å². The lowest BCUT2D eigenvalue weighted by molar-refractivity contribution is 0.469. The van der Waals surface area contributed by atoms with Gasteiger partial charge in [-0.15, -0.1) is 10.2 Å². The monoisotopic (exact) mass is 391 g/mol. The Morgan fingerprint density at radius 2 is 1.20 bits per heavy atom. The summed E-state index contributed by atoms with van der Waals surface area (Å²) < 4.78 is 0. The van der Waals surface area contributed by atoms with Crippen LogP contribution in [0.4, 0.5) is 0 Å². The van der Waals surface area contributed by atoms with Crippen LogP contribution in [0.5, 0.6) is 5.75 Å². The van der Waals surface area contributed by atoms with Crippen LogP contribution in [0.15, 0.2) is 97.1 Å². The minimum absolute atomic E-state index is 0.315. The van der Waals surface area contributed by atoms with Crippen molar-refractivity contribution in [1.29, 1.82) is 0 Å². The van der Waals surface area contributed by atoms with Gasteiger partial charge in [-0.05, 0) is 59.0 Å². The normalized spacial score (nSPS) is 11.1. The molecule has 0 aliphatic heterocycles. The number of rotatable bonds is 5. The van der Waals surface area contributed by atoms with Gasteiger partial charge in [0, 0.05) is 6.42 Å². The van der Waals surface area contributed by atoms with Crippen LogP contribution in [0, 0.1) is 0 Å². The molecule has 0 saturated carbocycles. The summed E-state index contributed by atoms with van der Waals surface area (Å²) in [5, 5.41) is 19.5. The highest BCUT2D eigenvalue weighted by atomic mass is 16.3. The highest BCUT2D eigenvalue weighted by Crippen LogP contribution is 2.24. The third kappa shape index (κ3) is 3.80. The summed E-state index contributed by atoms with van der Waals surface area (Å²) in [4.78, 5) is 1.70. The molecule has 1 N–H and O–H groups in total. The second-order valence-electron chi connectivity index (χ2n) is 7.45. The number of fused-ring (bicyclic) bond motifs is 1. The molecule has 0 saturated heterocycles. The molecule has 0 aliphatic rings. The lowest BCUT2D eigenvalue weighted by atomic mass is 9.98. The van der Waals surface area contributed by atoms with Crippen molar-refractivity contribution < 1.29 is 5.11 Å². The molecule has 0 fully saturated rings. The average molecular weight is 391 g/mol. The molecule has 4 nitrogen and oxygen atoms in total. The number of nitrogens with zero attached hydrogens (tertiary/aromatic N) is 3. The van der Waals surface area contributed by atoms with Gasteiger partial charge < -0.3 is 5.11 Å². The van der Waals surface area contributed by atoms with Crippen LogP contribution in [0.1, 0.15) is 22.3 Å². The molecule has 0 unspecified atom stereocenters. The first-order valence-electron chi connectivity index (χ1n) is 10.0. The van der Waals surface area contributed by atoms with Crippen molar-refractivity contribution in [3.8, 4) is 11.4 Å². The highest BCUT2D eigenvalue weighted by molar-refractivity contribution is 5.73.